The van der Waals surface area contributed by atoms with Crippen LogP contribution in [0.5, 0.6) is 0 Å². The monoisotopic (exact) mass is 164 g/mol. The van der Waals surface area contributed by atoms with Crippen LogP contribution in [-0.2, 0) is 0 Å². The van der Waals surface area contributed by atoms with Gasteiger partial charge in [0.25, 0.3) is 0 Å². The molecule has 62 valence electrons. The summed E-state index contributed by atoms with van der Waals surface area (Å²) in [7, 11) is 0. The predicted molar refractivity (Wildman–Crippen MR) is 44.9 cm³/mol. The zero-order chi connectivity index (χ0) is 9.14. The lowest BCUT2D eigenvalue weighted by atomic mass is 10.1. The van der Waals surface area contributed by atoms with Crippen LogP contribution in [0.3, 0.4) is 0 Å². The number of halogens is 1. The van der Waals surface area contributed by atoms with Gasteiger partial charge in [0.05, 0.1) is 0 Å². The van der Waals surface area contributed by atoms with E-state index < -0.39 is 6.10 Å². The molecule has 0 fully saturated rings. The molecule has 0 amide bonds. The Bertz CT molecular complexity index is 325. The zero-order valence-electron chi connectivity index (χ0n) is 6.71. The van der Waals surface area contributed by atoms with Crippen LogP contribution >= 0.6 is 0 Å². The molecule has 0 aliphatic carbocycles. The number of rotatable bonds is 1. The van der Waals surface area contributed by atoms with Crippen molar-refractivity contribution in [3.05, 3.63) is 35.1 Å². The second kappa shape index (κ2) is 3.38. The molecule has 0 saturated carbocycles. The first-order valence-corrected chi connectivity index (χ1v) is 3.55. The second-order valence-corrected chi connectivity index (χ2v) is 2.58. The van der Waals surface area contributed by atoms with Crippen LogP contribution in [0.4, 0.5) is 4.39 Å². The summed E-state index contributed by atoms with van der Waals surface area (Å²) < 4.78 is 12.7. The van der Waals surface area contributed by atoms with E-state index in [4.69, 9.17) is 6.42 Å². The summed E-state index contributed by atoms with van der Waals surface area (Å²) in [4.78, 5) is 0. The highest BCUT2D eigenvalue weighted by molar-refractivity contribution is 5.28. The average Bonchev–Trinajstić information content (AvgIpc) is 2.08. The standard InChI is InChI=1S/C10H9FO/c1-3-10(12)8-4-5-9(11)7(2)6-8/h1,4-6,10,12H,2H3. The Balaban J connectivity index is 3.06. The summed E-state index contributed by atoms with van der Waals surface area (Å²) in [5.74, 6) is 1.87. The highest BCUT2D eigenvalue weighted by Gasteiger charge is 2.04. The minimum atomic E-state index is -0.940. The van der Waals surface area contributed by atoms with E-state index in [1.807, 2.05) is 0 Å². The summed E-state index contributed by atoms with van der Waals surface area (Å²) >= 11 is 0. The fourth-order valence-electron chi connectivity index (χ4n) is 0.934. The molecule has 1 N–H and O–H groups in total. The van der Waals surface area contributed by atoms with Crippen molar-refractivity contribution in [2.24, 2.45) is 0 Å². The Hall–Kier alpha value is -1.33. The van der Waals surface area contributed by atoms with Gasteiger partial charge in [-0.25, -0.2) is 4.39 Å². The quantitative estimate of drug-likeness (QED) is 0.627. The zero-order valence-corrected chi connectivity index (χ0v) is 6.71. The molecule has 12 heavy (non-hydrogen) atoms. The first-order chi connectivity index (χ1) is 5.65. The minimum Gasteiger partial charge on any atom is -0.376 e. The molecule has 0 spiro atoms. The lowest BCUT2D eigenvalue weighted by Crippen LogP contribution is -1.94. The van der Waals surface area contributed by atoms with Crippen molar-refractivity contribution in [2.75, 3.05) is 0 Å². The Morgan fingerprint density at radius 1 is 1.58 bits per heavy atom. The fraction of sp³-hybridized carbons (Fsp3) is 0.200. The third-order valence-electron chi connectivity index (χ3n) is 1.66. The lowest BCUT2D eigenvalue weighted by Gasteiger charge is -2.04. The fourth-order valence-corrected chi connectivity index (χ4v) is 0.934. The molecule has 0 aromatic heterocycles. The number of aliphatic hydroxyl groups is 1. The number of hydrogen-bond donors (Lipinski definition) is 1. The normalized spacial score (nSPS) is 12.2. The van der Waals surface area contributed by atoms with Crippen molar-refractivity contribution in [3.8, 4) is 12.3 Å². The van der Waals surface area contributed by atoms with E-state index in [-0.39, 0.29) is 5.82 Å². The SMILES string of the molecule is C#CC(O)c1ccc(F)c(C)c1. The van der Waals surface area contributed by atoms with Crippen LogP contribution in [0.1, 0.15) is 17.2 Å². The highest BCUT2D eigenvalue weighted by atomic mass is 19.1. The van der Waals surface area contributed by atoms with Crippen molar-refractivity contribution < 1.29 is 9.50 Å². The Kier molecular flexibility index (Phi) is 2.47. The maximum atomic E-state index is 12.7. The summed E-state index contributed by atoms with van der Waals surface area (Å²) in [6.45, 7) is 1.63. The number of aryl methyl sites for hydroxylation is 1. The predicted octanol–water partition coefficient (Wildman–Crippen LogP) is 1.80. The van der Waals surface area contributed by atoms with Gasteiger partial charge in [-0.3, -0.25) is 0 Å². The van der Waals surface area contributed by atoms with Gasteiger partial charge in [0.2, 0.25) is 0 Å². The molecule has 0 radical (unpaired) electrons. The first-order valence-electron chi connectivity index (χ1n) is 3.55. The molecular formula is C10H9FO. The third-order valence-corrected chi connectivity index (χ3v) is 1.66. The van der Waals surface area contributed by atoms with Gasteiger partial charge >= 0.3 is 0 Å². The van der Waals surface area contributed by atoms with Crippen molar-refractivity contribution in [1.29, 1.82) is 0 Å². The molecule has 0 aliphatic heterocycles. The number of hydrogen-bond acceptors (Lipinski definition) is 1. The summed E-state index contributed by atoms with van der Waals surface area (Å²) in [6.07, 6.45) is 4.06. The highest BCUT2D eigenvalue weighted by Crippen LogP contribution is 2.15. The van der Waals surface area contributed by atoms with Crippen molar-refractivity contribution in [1.82, 2.24) is 0 Å². The molecule has 1 aromatic rings. The summed E-state index contributed by atoms with van der Waals surface area (Å²) in [6, 6.07) is 4.32. The van der Waals surface area contributed by atoms with Gasteiger partial charge in [0.15, 0.2) is 0 Å². The number of aliphatic hydroxyl groups excluding tert-OH is 1. The smallest absolute Gasteiger partial charge is 0.139 e. The van der Waals surface area contributed by atoms with E-state index in [1.165, 1.54) is 12.1 Å². The van der Waals surface area contributed by atoms with Crippen LogP contribution in [0.25, 0.3) is 0 Å². The third kappa shape index (κ3) is 1.63. The summed E-state index contributed by atoms with van der Waals surface area (Å²) in [5, 5.41) is 9.19. The summed E-state index contributed by atoms with van der Waals surface area (Å²) in [5.41, 5.74) is 1.04. The second-order valence-electron chi connectivity index (χ2n) is 2.58. The molecule has 0 bridgehead atoms. The molecule has 1 atom stereocenters. The van der Waals surface area contributed by atoms with Gasteiger partial charge in [-0.1, -0.05) is 12.0 Å². The van der Waals surface area contributed by atoms with Crippen LogP contribution in [0.2, 0.25) is 0 Å². The van der Waals surface area contributed by atoms with Crippen LogP contribution in [0.15, 0.2) is 18.2 Å². The average molecular weight is 164 g/mol. The van der Waals surface area contributed by atoms with Gasteiger partial charge in [-0.2, -0.15) is 0 Å². The minimum absolute atomic E-state index is 0.289. The lowest BCUT2D eigenvalue weighted by molar-refractivity contribution is 0.238. The van der Waals surface area contributed by atoms with E-state index in [0.29, 0.717) is 11.1 Å². The molecule has 1 rings (SSSR count). The van der Waals surface area contributed by atoms with Crippen LogP contribution in [-0.4, -0.2) is 5.11 Å². The van der Waals surface area contributed by atoms with Crippen molar-refractivity contribution in [3.63, 3.8) is 0 Å². The van der Waals surface area contributed by atoms with Crippen molar-refractivity contribution >= 4 is 0 Å². The topological polar surface area (TPSA) is 20.2 Å². The molecule has 1 nitrogen and oxygen atoms in total. The Morgan fingerprint density at radius 2 is 2.25 bits per heavy atom. The molecular weight excluding hydrogens is 155 g/mol. The van der Waals surface area contributed by atoms with Gasteiger partial charge in [0.1, 0.15) is 11.9 Å². The molecule has 0 heterocycles. The maximum Gasteiger partial charge on any atom is 0.139 e. The number of benzene rings is 1. The molecule has 1 unspecified atom stereocenters. The van der Waals surface area contributed by atoms with E-state index >= 15 is 0 Å². The van der Waals surface area contributed by atoms with E-state index in [9.17, 15) is 9.50 Å². The van der Waals surface area contributed by atoms with E-state index in [1.54, 1.807) is 13.0 Å². The molecule has 0 aliphatic rings. The molecule has 0 saturated heterocycles. The largest absolute Gasteiger partial charge is 0.376 e. The van der Waals surface area contributed by atoms with Gasteiger partial charge in [-0.05, 0) is 30.2 Å². The van der Waals surface area contributed by atoms with E-state index in [0.717, 1.165) is 0 Å². The van der Waals surface area contributed by atoms with Gasteiger partial charge < -0.3 is 5.11 Å². The van der Waals surface area contributed by atoms with E-state index in [2.05, 4.69) is 5.92 Å². The Labute approximate surface area is 70.9 Å². The van der Waals surface area contributed by atoms with Gasteiger partial charge in [0, 0.05) is 0 Å². The van der Waals surface area contributed by atoms with Crippen molar-refractivity contribution in [2.45, 2.75) is 13.0 Å². The van der Waals surface area contributed by atoms with Gasteiger partial charge in [-0.15, -0.1) is 6.42 Å². The first kappa shape index (κ1) is 8.76. The van der Waals surface area contributed by atoms with Crippen LogP contribution in [0, 0.1) is 25.1 Å². The molecule has 2 heteroatoms. The van der Waals surface area contributed by atoms with Crippen LogP contribution < -0.4 is 0 Å². The number of terminal acetylenes is 1. The maximum absolute atomic E-state index is 12.7. The molecule has 1 aromatic carbocycles. The Morgan fingerprint density at radius 3 is 2.75 bits per heavy atom.